The number of carbonyl (C=O) groups excluding carboxylic acids is 4. The lowest BCUT2D eigenvalue weighted by atomic mass is 10.1. The Labute approximate surface area is 187 Å². The van der Waals surface area contributed by atoms with Gasteiger partial charge in [0.25, 0.3) is 0 Å². The minimum atomic E-state index is -0.998. The number of carboxylic acid groups (broad SMARTS) is 1. The lowest BCUT2D eigenvalue weighted by Crippen LogP contribution is -2.54. The highest BCUT2D eigenvalue weighted by Crippen LogP contribution is 1.99. The fraction of sp³-hybridized carbons (Fsp3) is 0.500. The van der Waals surface area contributed by atoms with Gasteiger partial charge in [-0.1, -0.05) is 30.3 Å². The summed E-state index contributed by atoms with van der Waals surface area (Å²) < 4.78 is 0. The quantitative estimate of drug-likeness (QED) is 0.289. The number of aliphatic carboxylic acids is 1. The molecule has 5 N–H and O–H groups in total. The number of rotatable bonds is 13. The molecule has 0 heterocycles. The molecule has 176 valence electrons. The Bertz CT molecular complexity index is 799. The van der Waals surface area contributed by atoms with E-state index in [-0.39, 0.29) is 25.2 Å². The third-order valence-electron chi connectivity index (χ3n) is 4.63. The van der Waals surface area contributed by atoms with Crippen LogP contribution in [0.5, 0.6) is 0 Å². The van der Waals surface area contributed by atoms with Crippen LogP contribution < -0.4 is 21.3 Å². The zero-order valence-electron chi connectivity index (χ0n) is 18.6. The van der Waals surface area contributed by atoms with Crippen molar-refractivity contribution in [3.63, 3.8) is 0 Å². The first kappa shape index (κ1) is 26.6. The molecule has 0 aliphatic carbocycles. The van der Waals surface area contributed by atoms with Crippen molar-refractivity contribution in [2.24, 2.45) is 0 Å². The molecule has 0 saturated carbocycles. The zero-order chi connectivity index (χ0) is 24.1. The maximum absolute atomic E-state index is 12.3. The number of carbonyl (C=O) groups is 5. The number of hydrogen-bond donors (Lipinski definition) is 5. The monoisotopic (exact) mass is 448 g/mol. The largest absolute Gasteiger partial charge is 0.481 e. The molecule has 0 radical (unpaired) electrons. The highest BCUT2D eigenvalue weighted by Gasteiger charge is 2.23. The van der Waals surface area contributed by atoms with Crippen LogP contribution in [-0.4, -0.2) is 59.4 Å². The lowest BCUT2D eigenvalue weighted by molar-refractivity contribution is -0.137. The van der Waals surface area contributed by atoms with Crippen molar-refractivity contribution < 1.29 is 29.1 Å². The fourth-order valence-electron chi connectivity index (χ4n) is 2.72. The Morgan fingerprint density at radius 3 is 1.88 bits per heavy atom. The first-order chi connectivity index (χ1) is 15.1. The SMILES string of the molecule is CC(NC(=O)CCCC(=O)O)C(=O)NC(C)C(=O)NC(C)C(=O)NCCc1ccccc1. The van der Waals surface area contributed by atoms with E-state index < -0.39 is 41.8 Å². The third kappa shape index (κ3) is 10.6. The van der Waals surface area contributed by atoms with Crippen molar-refractivity contribution in [1.29, 1.82) is 0 Å². The Kier molecular flexibility index (Phi) is 11.5. The summed E-state index contributed by atoms with van der Waals surface area (Å²) in [5.41, 5.74) is 1.09. The van der Waals surface area contributed by atoms with E-state index in [9.17, 15) is 24.0 Å². The summed E-state index contributed by atoms with van der Waals surface area (Å²) in [6, 6.07) is 7.06. The average Bonchev–Trinajstić information content (AvgIpc) is 2.73. The molecule has 0 aromatic heterocycles. The zero-order valence-corrected chi connectivity index (χ0v) is 18.6. The van der Waals surface area contributed by atoms with Crippen molar-refractivity contribution in [3.8, 4) is 0 Å². The van der Waals surface area contributed by atoms with Gasteiger partial charge in [-0.3, -0.25) is 24.0 Å². The second-order valence-corrected chi connectivity index (χ2v) is 7.52. The first-order valence-electron chi connectivity index (χ1n) is 10.5. The molecule has 0 saturated heterocycles. The molecule has 0 bridgehead atoms. The predicted octanol–water partition coefficient (Wildman–Crippen LogP) is 0.114. The summed E-state index contributed by atoms with van der Waals surface area (Å²) in [6.07, 6.45) is 0.680. The van der Waals surface area contributed by atoms with Gasteiger partial charge in [-0.2, -0.15) is 0 Å². The normalized spacial score (nSPS) is 13.2. The standard InChI is InChI=1S/C22H32N4O6/c1-14(20(30)23-13-12-17-8-5-4-6-9-17)25-22(32)16(3)26-21(31)15(2)24-18(27)10-7-11-19(28)29/h4-6,8-9,14-16H,7,10-13H2,1-3H3,(H,23,30)(H,24,27)(H,25,32)(H,26,31)(H,28,29). The topological polar surface area (TPSA) is 154 Å². The van der Waals surface area contributed by atoms with E-state index in [2.05, 4.69) is 21.3 Å². The van der Waals surface area contributed by atoms with Crippen LogP contribution in [0.15, 0.2) is 30.3 Å². The van der Waals surface area contributed by atoms with Crippen molar-refractivity contribution in [3.05, 3.63) is 35.9 Å². The van der Waals surface area contributed by atoms with Crippen molar-refractivity contribution >= 4 is 29.6 Å². The molecule has 1 aromatic rings. The van der Waals surface area contributed by atoms with E-state index in [1.54, 1.807) is 6.92 Å². The molecule has 1 rings (SSSR count). The molecule has 10 heteroatoms. The van der Waals surface area contributed by atoms with Gasteiger partial charge in [0.15, 0.2) is 0 Å². The van der Waals surface area contributed by atoms with E-state index >= 15 is 0 Å². The van der Waals surface area contributed by atoms with Crippen molar-refractivity contribution in [2.75, 3.05) is 6.54 Å². The Morgan fingerprint density at radius 2 is 1.31 bits per heavy atom. The molecule has 0 fully saturated rings. The summed E-state index contributed by atoms with van der Waals surface area (Å²) in [5, 5.41) is 18.8. The second kappa shape index (κ2) is 13.8. The first-order valence-corrected chi connectivity index (χ1v) is 10.5. The Hall–Kier alpha value is -3.43. The minimum Gasteiger partial charge on any atom is -0.481 e. The van der Waals surface area contributed by atoms with E-state index in [0.717, 1.165) is 5.56 Å². The molecule has 1 aromatic carbocycles. The Morgan fingerprint density at radius 1 is 0.781 bits per heavy atom. The summed E-state index contributed by atoms with van der Waals surface area (Å²) in [7, 11) is 0. The van der Waals surface area contributed by atoms with E-state index in [1.807, 2.05) is 30.3 Å². The number of nitrogens with one attached hydrogen (secondary N) is 4. The summed E-state index contributed by atoms with van der Waals surface area (Å²) in [6.45, 7) is 4.90. The molecule has 0 aliphatic heterocycles. The van der Waals surface area contributed by atoms with Crippen LogP contribution >= 0.6 is 0 Å². The molecule has 3 atom stereocenters. The van der Waals surface area contributed by atoms with Gasteiger partial charge in [-0.25, -0.2) is 0 Å². The molecule has 10 nitrogen and oxygen atoms in total. The van der Waals surface area contributed by atoms with E-state index in [1.165, 1.54) is 13.8 Å². The van der Waals surface area contributed by atoms with Gasteiger partial charge in [0.1, 0.15) is 18.1 Å². The minimum absolute atomic E-state index is 0.0170. The van der Waals surface area contributed by atoms with Gasteiger partial charge in [0.2, 0.25) is 23.6 Å². The van der Waals surface area contributed by atoms with Gasteiger partial charge in [-0.05, 0) is 39.2 Å². The van der Waals surface area contributed by atoms with Crippen LogP contribution in [0.4, 0.5) is 0 Å². The number of amides is 4. The second-order valence-electron chi connectivity index (χ2n) is 7.52. The number of benzene rings is 1. The molecule has 0 spiro atoms. The van der Waals surface area contributed by atoms with Crippen LogP contribution in [-0.2, 0) is 30.4 Å². The highest BCUT2D eigenvalue weighted by atomic mass is 16.4. The number of carboxylic acids is 1. The third-order valence-corrected chi connectivity index (χ3v) is 4.63. The number of hydrogen-bond acceptors (Lipinski definition) is 5. The average molecular weight is 449 g/mol. The fourth-order valence-corrected chi connectivity index (χ4v) is 2.72. The van der Waals surface area contributed by atoms with Crippen LogP contribution in [0.25, 0.3) is 0 Å². The van der Waals surface area contributed by atoms with Crippen LogP contribution in [0.1, 0.15) is 45.6 Å². The van der Waals surface area contributed by atoms with Crippen LogP contribution in [0.3, 0.4) is 0 Å². The molecule has 4 amide bonds. The summed E-state index contributed by atoms with van der Waals surface area (Å²) in [4.78, 5) is 58.9. The van der Waals surface area contributed by atoms with Crippen LogP contribution in [0, 0.1) is 0 Å². The van der Waals surface area contributed by atoms with Crippen LogP contribution in [0.2, 0.25) is 0 Å². The maximum Gasteiger partial charge on any atom is 0.303 e. The van der Waals surface area contributed by atoms with Crippen molar-refractivity contribution in [1.82, 2.24) is 21.3 Å². The van der Waals surface area contributed by atoms with E-state index in [4.69, 9.17) is 5.11 Å². The van der Waals surface area contributed by atoms with Gasteiger partial charge < -0.3 is 26.4 Å². The van der Waals surface area contributed by atoms with Gasteiger partial charge >= 0.3 is 5.97 Å². The molecule has 32 heavy (non-hydrogen) atoms. The molecule has 3 unspecified atom stereocenters. The maximum atomic E-state index is 12.3. The predicted molar refractivity (Wildman–Crippen MR) is 117 cm³/mol. The highest BCUT2D eigenvalue weighted by molar-refractivity contribution is 5.93. The molecule has 0 aliphatic rings. The van der Waals surface area contributed by atoms with Gasteiger partial charge in [-0.15, -0.1) is 0 Å². The van der Waals surface area contributed by atoms with Gasteiger partial charge in [0, 0.05) is 19.4 Å². The summed E-state index contributed by atoms with van der Waals surface area (Å²) in [5.74, 6) is -2.90. The van der Waals surface area contributed by atoms with Crippen molar-refractivity contribution in [2.45, 2.75) is 64.6 Å². The lowest BCUT2D eigenvalue weighted by Gasteiger charge is -2.20. The molecular formula is C22H32N4O6. The smallest absolute Gasteiger partial charge is 0.303 e. The van der Waals surface area contributed by atoms with Gasteiger partial charge in [0.05, 0.1) is 0 Å². The van der Waals surface area contributed by atoms with E-state index in [0.29, 0.717) is 13.0 Å². The molecular weight excluding hydrogens is 416 g/mol. The summed E-state index contributed by atoms with van der Waals surface area (Å²) >= 11 is 0. The Balaban J connectivity index is 2.35.